The second-order valence-electron chi connectivity index (χ2n) is 2.25. The van der Waals surface area contributed by atoms with Crippen LogP contribution < -0.4 is 0 Å². The van der Waals surface area contributed by atoms with E-state index in [2.05, 4.69) is 6.92 Å². The van der Waals surface area contributed by atoms with Crippen LogP contribution >= 0.6 is 0 Å². The molecule has 0 aliphatic carbocycles. The van der Waals surface area contributed by atoms with Gasteiger partial charge < -0.3 is 9.84 Å². The number of unbranched alkanes of at least 4 members (excludes halogenated alkanes) is 2. The molecule has 1 N–H and O–H groups in total. The van der Waals surface area contributed by atoms with Gasteiger partial charge >= 0.3 is 0 Å². The van der Waals surface area contributed by atoms with Crippen molar-refractivity contribution in [2.24, 2.45) is 0 Å². The number of aliphatic hydroxyl groups is 1. The average molecular weight is 145 g/mol. The predicted molar refractivity (Wildman–Crippen MR) is 41.7 cm³/mol. The highest BCUT2D eigenvalue weighted by atomic mass is 16.5. The van der Waals surface area contributed by atoms with Crippen molar-refractivity contribution in [3.63, 3.8) is 0 Å². The molecule has 0 aliphatic heterocycles. The summed E-state index contributed by atoms with van der Waals surface area (Å²) in [6.45, 7) is 5.57. The van der Waals surface area contributed by atoms with Crippen LogP contribution in [0.15, 0.2) is 0 Å². The fourth-order valence-electron chi connectivity index (χ4n) is 0.622. The first-order chi connectivity index (χ1) is 4.91. The van der Waals surface area contributed by atoms with E-state index in [1.54, 1.807) is 0 Å². The Labute approximate surface area is 63.2 Å². The molecule has 0 spiro atoms. The van der Waals surface area contributed by atoms with Crippen molar-refractivity contribution in [3.8, 4) is 0 Å². The first-order valence-electron chi connectivity index (χ1n) is 3.89. The van der Waals surface area contributed by atoms with E-state index in [0.717, 1.165) is 38.9 Å². The van der Waals surface area contributed by atoms with Gasteiger partial charge in [-0.3, -0.25) is 0 Å². The van der Waals surface area contributed by atoms with E-state index in [-0.39, 0.29) is 6.61 Å². The number of ether oxygens (including phenoxy) is 1. The molecule has 0 aromatic rings. The van der Waals surface area contributed by atoms with E-state index >= 15 is 0 Å². The van der Waals surface area contributed by atoms with Gasteiger partial charge in [-0.1, -0.05) is 13.3 Å². The molecule has 0 heterocycles. The van der Waals surface area contributed by atoms with Crippen molar-refractivity contribution in [1.82, 2.24) is 0 Å². The number of rotatable bonds is 7. The van der Waals surface area contributed by atoms with Crippen molar-refractivity contribution in [2.75, 3.05) is 19.8 Å². The second-order valence-corrected chi connectivity index (χ2v) is 2.25. The number of hydrogen-bond donors (Lipinski definition) is 1. The normalized spacial score (nSPS) is 10.2. The first kappa shape index (κ1) is 9.92. The van der Waals surface area contributed by atoms with Crippen LogP contribution in [-0.4, -0.2) is 24.9 Å². The molecule has 1 radical (unpaired) electrons. The fraction of sp³-hybridized carbons (Fsp3) is 0.875. The van der Waals surface area contributed by atoms with Gasteiger partial charge in [-0.2, -0.15) is 0 Å². The molecule has 0 aromatic heterocycles. The minimum absolute atomic E-state index is 0.276. The molecule has 0 atom stereocenters. The summed E-state index contributed by atoms with van der Waals surface area (Å²) >= 11 is 0. The predicted octanol–water partition coefficient (Wildman–Crippen LogP) is 1.39. The average Bonchev–Trinajstić information content (AvgIpc) is 1.97. The molecule has 0 rings (SSSR count). The lowest BCUT2D eigenvalue weighted by molar-refractivity contribution is 0.123. The highest BCUT2D eigenvalue weighted by molar-refractivity contribution is 4.40. The van der Waals surface area contributed by atoms with Gasteiger partial charge in [0.05, 0.1) is 0 Å². The summed E-state index contributed by atoms with van der Waals surface area (Å²) in [7, 11) is 0. The van der Waals surface area contributed by atoms with E-state index in [1.807, 2.05) is 0 Å². The van der Waals surface area contributed by atoms with Crippen molar-refractivity contribution in [2.45, 2.75) is 25.7 Å². The molecular formula is C8H17O2. The van der Waals surface area contributed by atoms with Crippen LogP contribution in [0.25, 0.3) is 0 Å². The summed E-state index contributed by atoms with van der Waals surface area (Å²) in [4.78, 5) is 0. The third kappa shape index (κ3) is 7.92. The Morgan fingerprint density at radius 3 is 2.40 bits per heavy atom. The first-order valence-corrected chi connectivity index (χ1v) is 3.89. The smallest absolute Gasteiger partial charge is 0.0466 e. The summed E-state index contributed by atoms with van der Waals surface area (Å²) < 4.78 is 5.22. The van der Waals surface area contributed by atoms with Crippen LogP contribution in [0, 0.1) is 6.92 Å². The maximum Gasteiger partial charge on any atom is 0.0466 e. The van der Waals surface area contributed by atoms with Crippen molar-refractivity contribution >= 4 is 0 Å². The summed E-state index contributed by atoms with van der Waals surface area (Å²) in [6, 6.07) is 0. The van der Waals surface area contributed by atoms with Gasteiger partial charge in [0.2, 0.25) is 0 Å². The molecule has 0 bridgehead atoms. The lowest BCUT2D eigenvalue weighted by Gasteiger charge is -2.00. The summed E-state index contributed by atoms with van der Waals surface area (Å²) in [5, 5.41) is 8.40. The van der Waals surface area contributed by atoms with Crippen LogP contribution in [0.5, 0.6) is 0 Å². The van der Waals surface area contributed by atoms with Crippen LogP contribution in [-0.2, 0) is 4.74 Å². The van der Waals surface area contributed by atoms with E-state index < -0.39 is 0 Å². The van der Waals surface area contributed by atoms with Gasteiger partial charge in [0.1, 0.15) is 0 Å². The molecule has 0 aliphatic rings. The third-order valence-electron chi connectivity index (χ3n) is 1.24. The highest BCUT2D eigenvalue weighted by Gasteiger charge is 1.87. The molecule has 0 aromatic carbocycles. The Kier molecular flexibility index (Phi) is 8.85. The van der Waals surface area contributed by atoms with Gasteiger partial charge in [-0.25, -0.2) is 0 Å². The van der Waals surface area contributed by atoms with E-state index in [0.29, 0.717) is 0 Å². The van der Waals surface area contributed by atoms with E-state index in [1.165, 1.54) is 0 Å². The monoisotopic (exact) mass is 145 g/mol. The third-order valence-corrected chi connectivity index (χ3v) is 1.24. The highest BCUT2D eigenvalue weighted by Crippen LogP contribution is 1.91. The van der Waals surface area contributed by atoms with E-state index in [4.69, 9.17) is 9.84 Å². The lowest BCUT2D eigenvalue weighted by Crippen LogP contribution is -1.97. The molecule has 0 unspecified atom stereocenters. The summed E-state index contributed by atoms with van der Waals surface area (Å²) in [5.74, 6) is 0. The fourth-order valence-corrected chi connectivity index (χ4v) is 0.622. The quantitative estimate of drug-likeness (QED) is 0.548. The maximum atomic E-state index is 8.40. The van der Waals surface area contributed by atoms with Crippen LogP contribution in [0.4, 0.5) is 0 Å². The zero-order chi connectivity index (χ0) is 7.66. The Bertz CT molecular complexity index is 47.2. The van der Waals surface area contributed by atoms with Gasteiger partial charge in [0.15, 0.2) is 0 Å². The van der Waals surface area contributed by atoms with Crippen LogP contribution in [0.3, 0.4) is 0 Å². The van der Waals surface area contributed by atoms with Gasteiger partial charge in [-0.15, -0.1) is 0 Å². The standard InChI is InChI=1S/C8H17O2/c1-2-3-7-10-8-5-4-6-9/h9H,1-8H2. The minimum atomic E-state index is 0.276. The summed E-state index contributed by atoms with van der Waals surface area (Å²) in [6.07, 6.45) is 3.80. The number of hydrogen-bond acceptors (Lipinski definition) is 2. The van der Waals surface area contributed by atoms with Crippen molar-refractivity contribution in [1.29, 1.82) is 0 Å². The zero-order valence-electron chi connectivity index (χ0n) is 6.51. The Hall–Kier alpha value is -0.0800. The molecule has 61 valence electrons. The van der Waals surface area contributed by atoms with Crippen LogP contribution in [0.2, 0.25) is 0 Å². The topological polar surface area (TPSA) is 29.5 Å². The Balaban J connectivity index is 2.65. The Morgan fingerprint density at radius 1 is 1.10 bits per heavy atom. The molecule has 0 fully saturated rings. The van der Waals surface area contributed by atoms with Crippen LogP contribution in [0.1, 0.15) is 25.7 Å². The van der Waals surface area contributed by atoms with Crippen molar-refractivity contribution in [3.05, 3.63) is 6.92 Å². The molecule has 2 heteroatoms. The molecule has 0 saturated heterocycles. The van der Waals surface area contributed by atoms with Gasteiger partial charge in [0.25, 0.3) is 0 Å². The molecule has 2 nitrogen and oxygen atoms in total. The largest absolute Gasteiger partial charge is 0.396 e. The minimum Gasteiger partial charge on any atom is -0.396 e. The zero-order valence-corrected chi connectivity index (χ0v) is 6.51. The SMILES string of the molecule is [CH2]CCCOCCCCO. The maximum absolute atomic E-state index is 8.40. The molecule has 0 saturated carbocycles. The van der Waals surface area contributed by atoms with Gasteiger partial charge in [-0.05, 0) is 19.3 Å². The van der Waals surface area contributed by atoms with Crippen molar-refractivity contribution < 1.29 is 9.84 Å². The van der Waals surface area contributed by atoms with Gasteiger partial charge in [0, 0.05) is 19.8 Å². The molecule has 0 amide bonds. The number of aliphatic hydroxyl groups excluding tert-OH is 1. The Morgan fingerprint density at radius 2 is 1.80 bits per heavy atom. The van der Waals surface area contributed by atoms with E-state index in [9.17, 15) is 0 Å². The molecular weight excluding hydrogens is 128 g/mol. The second kappa shape index (κ2) is 8.92. The lowest BCUT2D eigenvalue weighted by atomic mass is 10.3. The summed E-state index contributed by atoms with van der Waals surface area (Å²) in [5.41, 5.74) is 0. The molecule has 10 heavy (non-hydrogen) atoms.